The van der Waals surface area contributed by atoms with Gasteiger partial charge in [-0.1, -0.05) is 29.3 Å². The van der Waals surface area contributed by atoms with Crippen molar-refractivity contribution in [3.8, 4) is 0 Å². The lowest BCUT2D eigenvalue weighted by Crippen LogP contribution is -1.98. The number of hydrogen-bond donors (Lipinski definition) is 2. The van der Waals surface area contributed by atoms with Crippen LogP contribution in [0.1, 0.15) is 5.56 Å². The molecule has 0 saturated carbocycles. The Morgan fingerprint density at radius 3 is 2.53 bits per heavy atom. The Morgan fingerprint density at radius 2 is 1.88 bits per heavy atom. The molecule has 2 aromatic carbocycles. The highest BCUT2D eigenvalue weighted by Gasteiger charge is 2.06. The van der Waals surface area contributed by atoms with Crippen molar-refractivity contribution in [2.75, 3.05) is 11.1 Å². The Bertz CT molecular complexity index is 533. The minimum absolute atomic E-state index is 0.597. The highest BCUT2D eigenvalue weighted by Crippen LogP contribution is 2.32. The number of nitrogens with two attached hydrogens (primary N) is 1. The summed E-state index contributed by atoms with van der Waals surface area (Å²) in [7, 11) is 0. The summed E-state index contributed by atoms with van der Waals surface area (Å²) < 4.78 is 0. The zero-order valence-corrected chi connectivity index (χ0v) is 10.8. The molecule has 3 N–H and O–H groups in total. The molecule has 0 spiro atoms. The van der Waals surface area contributed by atoms with Crippen LogP contribution in [0.15, 0.2) is 36.4 Å². The van der Waals surface area contributed by atoms with Gasteiger partial charge in [0, 0.05) is 10.7 Å². The first kappa shape index (κ1) is 12.1. The second-order valence-corrected chi connectivity index (χ2v) is 4.63. The van der Waals surface area contributed by atoms with Crippen molar-refractivity contribution in [2.45, 2.75) is 6.92 Å². The van der Waals surface area contributed by atoms with Crippen LogP contribution in [0.2, 0.25) is 10.0 Å². The molecule has 0 heterocycles. The van der Waals surface area contributed by atoms with Crippen LogP contribution in [-0.4, -0.2) is 0 Å². The second-order valence-electron chi connectivity index (χ2n) is 3.79. The fraction of sp³-hybridized carbons (Fsp3) is 0.0769. The average Bonchev–Trinajstić information content (AvgIpc) is 2.26. The van der Waals surface area contributed by atoms with Crippen LogP contribution in [0.25, 0.3) is 0 Å². The molecule has 0 amide bonds. The molecule has 2 nitrogen and oxygen atoms in total. The predicted molar refractivity (Wildman–Crippen MR) is 75.3 cm³/mol. The molecule has 0 aliphatic carbocycles. The molecule has 88 valence electrons. The molecule has 0 unspecified atom stereocenters. The van der Waals surface area contributed by atoms with Crippen molar-refractivity contribution >= 4 is 40.3 Å². The number of anilines is 3. The van der Waals surface area contributed by atoms with Gasteiger partial charge >= 0.3 is 0 Å². The van der Waals surface area contributed by atoms with Gasteiger partial charge in [-0.2, -0.15) is 0 Å². The fourth-order valence-electron chi connectivity index (χ4n) is 1.57. The molecule has 0 aliphatic rings. The van der Waals surface area contributed by atoms with Crippen LogP contribution in [-0.2, 0) is 0 Å². The van der Waals surface area contributed by atoms with E-state index in [9.17, 15) is 0 Å². The van der Waals surface area contributed by atoms with Gasteiger partial charge in [-0.3, -0.25) is 0 Å². The Morgan fingerprint density at radius 1 is 1.12 bits per heavy atom. The molecule has 2 rings (SSSR count). The van der Waals surface area contributed by atoms with E-state index in [1.165, 1.54) is 0 Å². The largest absolute Gasteiger partial charge is 0.397 e. The molecule has 0 fully saturated rings. The van der Waals surface area contributed by atoms with Gasteiger partial charge in [0.05, 0.1) is 16.4 Å². The van der Waals surface area contributed by atoms with Crippen molar-refractivity contribution in [3.63, 3.8) is 0 Å². The lowest BCUT2D eigenvalue weighted by atomic mass is 10.2. The van der Waals surface area contributed by atoms with Gasteiger partial charge in [0.2, 0.25) is 0 Å². The van der Waals surface area contributed by atoms with E-state index >= 15 is 0 Å². The number of para-hydroxylation sites is 1. The minimum Gasteiger partial charge on any atom is -0.397 e. The Balaban J connectivity index is 2.38. The number of rotatable bonds is 2. The molecular formula is C13H12Cl2N2. The standard InChI is InChI=1S/C13H12Cl2N2/c1-8-7-9(14)5-6-12(8)17-13-10(15)3-2-4-11(13)16/h2-7,17H,16H2,1H3. The number of nitrogens with one attached hydrogen (secondary N) is 1. The first-order valence-electron chi connectivity index (χ1n) is 5.15. The third kappa shape index (κ3) is 2.65. The summed E-state index contributed by atoms with van der Waals surface area (Å²) in [5.74, 6) is 0. The normalized spacial score (nSPS) is 10.3. The van der Waals surface area contributed by atoms with Gasteiger partial charge in [0.25, 0.3) is 0 Å². The molecule has 0 atom stereocenters. The smallest absolute Gasteiger partial charge is 0.0807 e. The first-order valence-corrected chi connectivity index (χ1v) is 5.90. The molecule has 0 bridgehead atoms. The van der Waals surface area contributed by atoms with E-state index in [2.05, 4.69) is 5.32 Å². The molecule has 0 aromatic heterocycles. The van der Waals surface area contributed by atoms with E-state index < -0.39 is 0 Å². The maximum Gasteiger partial charge on any atom is 0.0807 e. The van der Waals surface area contributed by atoms with Crippen molar-refractivity contribution in [3.05, 3.63) is 52.0 Å². The highest BCUT2D eigenvalue weighted by atomic mass is 35.5. The van der Waals surface area contributed by atoms with Gasteiger partial charge in [-0.25, -0.2) is 0 Å². The van der Waals surface area contributed by atoms with Crippen LogP contribution >= 0.6 is 23.2 Å². The Kier molecular flexibility index (Phi) is 3.46. The molecule has 2 aromatic rings. The van der Waals surface area contributed by atoms with Gasteiger partial charge < -0.3 is 11.1 Å². The predicted octanol–water partition coefficient (Wildman–Crippen LogP) is 4.63. The quantitative estimate of drug-likeness (QED) is 0.778. The van der Waals surface area contributed by atoms with Crippen LogP contribution in [0.3, 0.4) is 0 Å². The van der Waals surface area contributed by atoms with Crippen LogP contribution < -0.4 is 11.1 Å². The number of aryl methyl sites for hydroxylation is 1. The zero-order valence-electron chi connectivity index (χ0n) is 9.30. The summed E-state index contributed by atoms with van der Waals surface area (Å²) in [6.07, 6.45) is 0. The first-order chi connectivity index (χ1) is 8.08. The van der Waals surface area contributed by atoms with Crippen molar-refractivity contribution in [2.24, 2.45) is 0 Å². The number of hydrogen-bond acceptors (Lipinski definition) is 2. The molecular weight excluding hydrogens is 255 g/mol. The molecule has 0 radical (unpaired) electrons. The summed E-state index contributed by atoms with van der Waals surface area (Å²) >= 11 is 12.0. The molecule has 17 heavy (non-hydrogen) atoms. The Labute approximate surface area is 110 Å². The summed E-state index contributed by atoms with van der Waals surface area (Å²) in [6.45, 7) is 1.97. The number of benzene rings is 2. The summed E-state index contributed by atoms with van der Waals surface area (Å²) in [5, 5.41) is 4.53. The van der Waals surface area contributed by atoms with Gasteiger partial charge in [0.15, 0.2) is 0 Å². The average molecular weight is 267 g/mol. The second kappa shape index (κ2) is 4.86. The topological polar surface area (TPSA) is 38.0 Å². The summed E-state index contributed by atoms with van der Waals surface area (Å²) in [6, 6.07) is 11.0. The van der Waals surface area contributed by atoms with Gasteiger partial charge in [-0.15, -0.1) is 0 Å². The van der Waals surface area contributed by atoms with Crippen LogP contribution in [0.4, 0.5) is 17.1 Å². The van der Waals surface area contributed by atoms with Crippen LogP contribution in [0.5, 0.6) is 0 Å². The number of halogens is 2. The van der Waals surface area contributed by atoms with E-state index in [1.54, 1.807) is 12.1 Å². The van der Waals surface area contributed by atoms with Crippen molar-refractivity contribution < 1.29 is 0 Å². The maximum absolute atomic E-state index is 6.09. The van der Waals surface area contributed by atoms with E-state index in [0.29, 0.717) is 15.7 Å². The van der Waals surface area contributed by atoms with Gasteiger partial charge in [-0.05, 0) is 42.8 Å². The lowest BCUT2D eigenvalue weighted by Gasteiger charge is -2.13. The summed E-state index contributed by atoms with van der Waals surface area (Å²) in [5.41, 5.74) is 9.19. The number of nitrogen functional groups attached to an aromatic ring is 1. The Hall–Kier alpha value is -1.38. The lowest BCUT2D eigenvalue weighted by molar-refractivity contribution is 1.43. The SMILES string of the molecule is Cc1cc(Cl)ccc1Nc1c(N)cccc1Cl. The molecule has 0 saturated heterocycles. The van der Waals surface area contributed by atoms with Crippen molar-refractivity contribution in [1.29, 1.82) is 0 Å². The third-order valence-corrected chi connectivity index (χ3v) is 3.04. The highest BCUT2D eigenvalue weighted by molar-refractivity contribution is 6.34. The summed E-state index contributed by atoms with van der Waals surface area (Å²) in [4.78, 5) is 0. The van der Waals surface area contributed by atoms with Crippen LogP contribution in [0, 0.1) is 6.92 Å². The fourth-order valence-corrected chi connectivity index (χ4v) is 2.03. The van der Waals surface area contributed by atoms with E-state index in [1.807, 2.05) is 31.2 Å². The third-order valence-electron chi connectivity index (χ3n) is 2.49. The van der Waals surface area contributed by atoms with Crippen molar-refractivity contribution in [1.82, 2.24) is 0 Å². The van der Waals surface area contributed by atoms with Gasteiger partial charge in [0.1, 0.15) is 0 Å². The van der Waals surface area contributed by atoms with E-state index in [-0.39, 0.29) is 0 Å². The minimum atomic E-state index is 0.597. The molecule has 4 heteroatoms. The van der Waals surface area contributed by atoms with E-state index in [0.717, 1.165) is 16.9 Å². The maximum atomic E-state index is 6.09. The monoisotopic (exact) mass is 266 g/mol. The zero-order chi connectivity index (χ0) is 12.4. The molecule has 0 aliphatic heterocycles. The van der Waals surface area contributed by atoms with E-state index in [4.69, 9.17) is 28.9 Å².